The lowest BCUT2D eigenvalue weighted by atomic mass is 9.73. The molecule has 4 rings (SSSR count). The van der Waals surface area contributed by atoms with E-state index in [1.165, 1.54) is 35.0 Å². The number of carbonyl (C=O) groups is 2. The molecule has 0 aliphatic carbocycles. The zero-order valence-corrected chi connectivity index (χ0v) is 24.1. The molecule has 208 valence electrons. The summed E-state index contributed by atoms with van der Waals surface area (Å²) in [6, 6.07) is 3.75. The molecule has 0 fully saturated rings. The summed E-state index contributed by atoms with van der Waals surface area (Å²) in [6.45, 7) is 5.85. The first-order chi connectivity index (χ1) is 19.0. The van der Waals surface area contributed by atoms with Crippen molar-refractivity contribution in [1.29, 1.82) is 0 Å². The molecule has 1 unspecified atom stereocenters. The van der Waals surface area contributed by atoms with Gasteiger partial charge in [0.15, 0.2) is 22.4 Å². The van der Waals surface area contributed by atoms with Crippen LogP contribution < -0.4 is 14.8 Å². The molecule has 1 aromatic carbocycles. The van der Waals surface area contributed by atoms with Crippen molar-refractivity contribution in [2.24, 2.45) is 0 Å². The molecule has 0 bridgehead atoms. The molecule has 40 heavy (non-hydrogen) atoms. The Morgan fingerprint density at radius 1 is 1.35 bits per heavy atom. The van der Waals surface area contributed by atoms with E-state index in [4.69, 9.17) is 27.9 Å². The molecule has 3 N–H and O–H groups in total. The number of benzene rings is 1. The number of hydrogen-bond acceptors (Lipinski definition) is 11. The number of thiazole rings is 1. The molecular formula is C22H24B3Cl2FN6O5S. The third-order valence-corrected chi connectivity index (χ3v) is 7.98. The molecular weight excluding hydrogens is 583 g/mol. The fraction of sp³-hybridized carbons (Fsp3) is 0.318. The van der Waals surface area contributed by atoms with Gasteiger partial charge in [0, 0.05) is 34.5 Å². The number of amides is 1. The van der Waals surface area contributed by atoms with Crippen molar-refractivity contribution < 1.29 is 28.8 Å². The van der Waals surface area contributed by atoms with Gasteiger partial charge >= 0.3 is 21.5 Å². The molecule has 18 heteroatoms. The molecule has 1 amide bonds. The molecule has 0 radical (unpaired) electrons. The van der Waals surface area contributed by atoms with E-state index < -0.39 is 31.9 Å². The summed E-state index contributed by atoms with van der Waals surface area (Å²) in [7, 11) is -2.01. The minimum absolute atomic E-state index is 0.0298. The second-order valence-electron chi connectivity index (χ2n) is 9.08. The average molecular weight is 607 g/mol. The quantitative estimate of drug-likeness (QED) is 0.179. The Labute approximate surface area is 245 Å². The van der Waals surface area contributed by atoms with E-state index in [1.807, 2.05) is 4.81 Å². The van der Waals surface area contributed by atoms with Gasteiger partial charge in [0.05, 0.1) is 10.7 Å². The summed E-state index contributed by atoms with van der Waals surface area (Å²) >= 11 is 13.7. The highest BCUT2D eigenvalue weighted by Crippen LogP contribution is 2.37. The first-order valence-corrected chi connectivity index (χ1v) is 13.9. The maximum absolute atomic E-state index is 14.2. The Morgan fingerprint density at radius 3 is 2.77 bits per heavy atom. The molecule has 0 saturated heterocycles. The number of aromatic nitrogens is 3. The Hall–Kier alpha value is -2.75. The number of halogens is 3. The van der Waals surface area contributed by atoms with Crippen LogP contribution in [0, 0.1) is 5.82 Å². The fourth-order valence-corrected chi connectivity index (χ4v) is 5.88. The number of hydrogen-bond donors (Lipinski definition) is 3. The molecule has 1 atom stereocenters. The van der Waals surface area contributed by atoms with Crippen molar-refractivity contribution in [2.45, 2.75) is 39.6 Å². The predicted molar refractivity (Wildman–Crippen MR) is 156 cm³/mol. The second-order valence-corrected chi connectivity index (χ2v) is 10.9. The molecule has 11 nitrogen and oxygen atoms in total. The van der Waals surface area contributed by atoms with Gasteiger partial charge in [-0.15, -0.1) is 21.5 Å². The number of nitrogens with one attached hydrogen (secondary N) is 1. The number of nitrogens with zero attached hydrogens (tertiary/aromatic N) is 5. The standard InChI is InChI=1S/C22H24B3Cl2FN6O5S/c1-11(18-12(26)4-5-13(28)19(18)27)39-16-8-15(31-32-20(16)34(23-10-35)25(3)38)21(36)30-22-29-14-6-7-33(24(2)37)9-17(14)40-22/h4-5,8,10-11,23,37-38H,6-7,9H2,1-3H3,(H,29,30,36). The summed E-state index contributed by atoms with van der Waals surface area (Å²) in [5.74, 6) is -1.38. The van der Waals surface area contributed by atoms with Crippen LogP contribution in [0.15, 0.2) is 18.2 Å². The third-order valence-electron chi connectivity index (χ3n) is 6.27. The van der Waals surface area contributed by atoms with Crippen LogP contribution in [0.1, 0.15) is 39.7 Å². The molecule has 2 aromatic heterocycles. The second kappa shape index (κ2) is 12.8. The highest BCUT2D eigenvalue weighted by molar-refractivity contribution is 7.15. The van der Waals surface area contributed by atoms with Gasteiger partial charge in [-0.05, 0) is 39.2 Å². The van der Waals surface area contributed by atoms with Crippen LogP contribution in [-0.2, 0) is 17.8 Å². The van der Waals surface area contributed by atoms with Crippen molar-refractivity contribution in [3.63, 3.8) is 0 Å². The lowest BCUT2D eigenvalue weighted by molar-refractivity contribution is 0.102. The summed E-state index contributed by atoms with van der Waals surface area (Å²) in [5.41, 5.74) is 0.871. The largest absolute Gasteiger partial charge is 0.482 e. The van der Waals surface area contributed by atoms with E-state index in [0.717, 1.165) is 16.6 Å². The van der Waals surface area contributed by atoms with E-state index in [2.05, 4.69) is 20.5 Å². The number of fused-ring (bicyclic) bond motifs is 1. The van der Waals surface area contributed by atoms with E-state index >= 15 is 0 Å². The molecule has 0 saturated carbocycles. The summed E-state index contributed by atoms with van der Waals surface area (Å²) in [5, 5.41) is 31.2. The van der Waals surface area contributed by atoms with E-state index in [-0.39, 0.29) is 40.3 Å². The van der Waals surface area contributed by atoms with Crippen molar-refractivity contribution in [1.82, 2.24) is 20.0 Å². The highest BCUT2D eigenvalue weighted by Gasteiger charge is 2.29. The zero-order valence-electron chi connectivity index (χ0n) is 21.8. The predicted octanol–water partition coefficient (Wildman–Crippen LogP) is 2.70. The first kappa shape index (κ1) is 30.2. The number of carbonyl (C=O) groups excluding carboxylic acids is 2. The van der Waals surface area contributed by atoms with Crippen LogP contribution in [0.3, 0.4) is 0 Å². The summed E-state index contributed by atoms with van der Waals surface area (Å²) < 4.78 is 21.4. The average Bonchev–Trinajstić information content (AvgIpc) is 3.31. The van der Waals surface area contributed by atoms with E-state index in [0.29, 0.717) is 30.8 Å². The maximum atomic E-state index is 14.2. The van der Waals surface area contributed by atoms with Gasteiger partial charge in [-0.3, -0.25) is 10.1 Å². The van der Waals surface area contributed by atoms with Gasteiger partial charge in [0.1, 0.15) is 18.1 Å². The SMILES string of the molecule is CB(O)N1CCc2nc(NC(=O)c3cc(OC(C)c4c(Cl)ccc(F)c4Cl)c(N(BC=O)B(C)O)nn3)sc2C1. The van der Waals surface area contributed by atoms with Crippen LogP contribution in [0.2, 0.25) is 23.7 Å². The first-order valence-electron chi connectivity index (χ1n) is 12.3. The topological polar surface area (TPSA) is 141 Å². The van der Waals surface area contributed by atoms with E-state index in [1.54, 1.807) is 13.7 Å². The normalized spacial score (nSPS) is 13.7. The van der Waals surface area contributed by atoms with Crippen molar-refractivity contribution in [3.05, 3.63) is 55.9 Å². The molecule has 0 spiro atoms. The number of anilines is 2. The van der Waals surface area contributed by atoms with Crippen LogP contribution in [0.4, 0.5) is 15.3 Å². The Balaban J connectivity index is 1.64. The van der Waals surface area contributed by atoms with Crippen molar-refractivity contribution in [2.75, 3.05) is 16.6 Å². The smallest absolute Gasteiger partial charge is 0.397 e. The van der Waals surface area contributed by atoms with Gasteiger partial charge in [-0.2, -0.15) is 0 Å². The Morgan fingerprint density at radius 2 is 2.10 bits per heavy atom. The molecule has 1 aliphatic heterocycles. The summed E-state index contributed by atoms with van der Waals surface area (Å²) in [4.78, 5) is 31.8. The number of ether oxygens (including phenoxy) is 1. The molecule has 3 aromatic rings. The van der Waals surface area contributed by atoms with E-state index in [9.17, 15) is 24.0 Å². The molecule has 1 aliphatic rings. The van der Waals surface area contributed by atoms with Gasteiger partial charge in [0.25, 0.3) is 5.91 Å². The van der Waals surface area contributed by atoms with Crippen LogP contribution in [-0.4, -0.2) is 70.2 Å². The van der Waals surface area contributed by atoms with Gasteiger partial charge < -0.3 is 29.1 Å². The van der Waals surface area contributed by atoms with Crippen LogP contribution in [0.25, 0.3) is 0 Å². The maximum Gasteiger partial charge on any atom is 0.397 e. The van der Waals surface area contributed by atoms with Gasteiger partial charge in [-0.1, -0.05) is 23.2 Å². The summed E-state index contributed by atoms with van der Waals surface area (Å²) in [6.07, 6.45) is 0.267. The highest BCUT2D eigenvalue weighted by atomic mass is 35.5. The van der Waals surface area contributed by atoms with Crippen LogP contribution in [0.5, 0.6) is 5.75 Å². The minimum Gasteiger partial charge on any atom is -0.482 e. The lowest BCUT2D eigenvalue weighted by Crippen LogP contribution is -2.42. The monoisotopic (exact) mass is 606 g/mol. The van der Waals surface area contributed by atoms with Crippen LogP contribution >= 0.6 is 34.5 Å². The van der Waals surface area contributed by atoms with Gasteiger partial charge in [0.2, 0.25) is 0 Å². The Kier molecular flexibility index (Phi) is 9.70. The van der Waals surface area contributed by atoms with Crippen molar-refractivity contribution in [3.8, 4) is 5.75 Å². The van der Waals surface area contributed by atoms with Crippen molar-refractivity contribution >= 4 is 79.1 Å². The Bertz CT molecular complexity index is 1420. The zero-order chi connectivity index (χ0) is 29.1. The number of rotatable bonds is 10. The van der Waals surface area contributed by atoms with Gasteiger partial charge in [-0.25, -0.2) is 9.37 Å². The minimum atomic E-state index is -1.17. The fourth-order valence-electron chi connectivity index (χ4n) is 4.17. The third kappa shape index (κ3) is 6.59. The lowest BCUT2D eigenvalue weighted by Gasteiger charge is -2.26. The molecule has 3 heterocycles.